The van der Waals surface area contributed by atoms with Crippen molar-refractivity contribution in [1.82, 2.24) is 0 Å². The van der Waals surface area contributed by atoms with Crippen LogP contribution in [0.1, 0.15) is 56.6 Å². The number of carboxylic acid groups (broad SMARTS) is 1. The van der Waals surface area contributed by atoms with Gasteiger partial charge in [-0.25, -0.2) is 4.39 Å². The summed E-state index contributed by atoms with van der Waals surface area (Å²) in [5.74, 6) is -0.948. The molecule has 1 aliphatic rings. The Morgan fingerprint density at radius 2 is 1.89 bits per heavy atom. The highest BCUT2D eigenvalue weighted by atomic mass is 19.1. The van der Waals surface area contributed by atoms with E-state index < -0.39 is 11.4 Å². The molecular weight excluding hydrogens is 231 g/mol. The molecule has 0 saturated heterocycles. The maximum absolute atomic E-state index is 13.7. The first-order chi connectivity index (χ1) is 8.45. The van der Waals surface area contributed by atoms with Gasteiger partial charge in [0.15, 0.2) is 0 Å². The summed E-state index contributed by atoms with van der Waals surface area (Å²) >= 11 is 0. The Morgan fingerprint density at radius 1 is 1.28 bits per heavy atom. The molecule has 2 rings (SSSR count). The Bertz CT molecular complexity index is 460. The lowest BCUT2D eigenvalue weighted by Gasteiger charge is -2.25. The Balaban J connectivity index is 2.51. The summed E-state index contributed by atoms with van der Waals surface area (Å²) in [5.41, 5.74) is 0.639. The molecule has 1 saturated carbocycles. The van der Waals surface area contributed by atoms with E-state index in [0.717, 1.165) is 18.4 Å². The average molecular weight is 250 g/mol. The van der Waals surface area contributed by atoms with Gasteiger partial charge in [0.25, 0.3) is 0 Å². The molecular formula is C15H19FO2. The number of rotatable bonds is 3. The van der Waals surface area contributed by atoms with E-state index in [-0.39, 0.29) is 11.7 Å². The number of hydrogen-bond acceptors (Lipinski definition) is 1. The van der Waals surface area contributed by atoms with E-state index in [0.29, 0.717) is 18.4 Å². The van der Waals surface area contributed by atoms with Gasteiger partial charge in [0.05, 0.1) is 5.41 Å². The number of hydrogen-bond donors (Lipinski definition) is 1. The van der Waals surface area contributed by atoms with Crippen molar-refractivity contribution in [2.75, 3.05) is 0 Å². The minimum Gasteiger partial charge on any atom is -0.481 e. The molecule has 18 heavy (non-hydrogen) atoms. The first-order valence-electron chi connectivity index (χ1n) is 6.50. The SMILES string of the molecule is CC(C)c1cc(F)cc(C2(C(=O)O)CCCC2)c1. The van der Waals surface area contributed by atoms with Crippen molar-refractivity contribution in [1.29, 1.82) is 0 Å². The minimum absolute atomic E-state index is 0.201. The van der Waals surface area contributed by atoms with Gasteiger partial charge in [-0.2, -0.15) is 0 Å². The van der Waals surface area contributed by atoms with Gasteiger partial charge < -0.3 is 5.11 Å². The van der Waals surface area contributed by atoms with Crippen LogP contribution in [0.3, 0.4) is 0 Å². The van der Waals surface area contributed by atoms with Gasteiger partial charge in [-0.15, -0.1) is 0 Å². The monoisotopic (exact) mass is 250 g/mol. The number of carbonyl (C=O) groups is 1. The second-order valence-electron chi connectivity index (χ2n) is 5.52. The molecule has 0 amide bonds. The van der Waals surface area contributed by atoms with E-state index in [4.69, 9.17) is 0 Å². The summed E-state index contributed by atoms with van der Waals surface area (Å²) in [5, 5.41) is 9.52. The number of aliphatic carboxylic acids is 1. The third-order valence-electron chi connectivity index (χ3n) is 4.01. The quantitative estimate of drug-likeness (QED) is 0.884. The van der Waals surface area contributed by atoms with Gasteiger partial charge in [0, 0.05) is 0 Å². The maximum atomic E-state index is 13.7. The van der Waals surface area contributed by atoms with Crippen molar-refractivity contribution >= 4 is 5.97 Å². The fourth-order valence-electron chi connectivity index (χ4n) is 2.83. The molecule has 0 atom stereocenters. The largest absolute Gasteiger partial charge is 0.481 e. The van der Waals surface area contributed by atoms with Gasteiger partial charge in [-0.1, -0.05) is 32.8 Å². The third-order valence-corrected chi connectivity index (χ3v) is 4.01. The van der Waals surface area contributed by atoms with Crippen LogP contribution < -0.4 is 0 Å². The number of halogens is 1. The van der Waals surface area contributed by atoms with E-state index >= 15 is 0 Å². The van der Waals surface area contributed by atoms with Crippen LogP contribution in [0.4, 0.5) is 4.39 Å². The molecule has 0 bridgehead atoms. The highest BCUT2D eigenvalue weighted by molar-refractivity contribution is 5.81. The van der Waals surface area contributed by atoms with Crippen LogP contribution >= 0.6 is 0 Å². The minimum atomic E-state index is -0.869. The highest BCUT2D eigenvalue weighted by Gasteiger charge is 2.43. The van der Waals surface area contributed by atoms with Crippen molar-refractivity contribution in [3.8, 4) is 0 Å². The van der Waals surface area contributed by atoms with Crippen LogP contribution in [-0.4, -0.2) is 11.1 Å². The van der Waals surface area contributed by atoms with E-state index in [2.05, 4.69) is 0 Å². The molecule has 1 aromatic carbocycles. The molecule has 1 fully saturated rings. The number of benzene rings is 1. The second kappa shape index (κ2) is 4.71. The summed E-state index contributed by atoms with van der Waals surface area (Å²) in [4.78, 5) is 11.6. The fraction of sp³-hybridized carbons (Fsp3) is 0.533. The summed E-state index contributed by atoms with van der Waals surface area (Å²) < 4.78 is 13.7. The Morgan fingerprint density at radius 3 is 2.39 bits per heavy atom. The van der Waals surface area contributed by atoms with Crippen molar-refractivity contribution in [3.05, 3.63) is 35.1 Å². The fourth-order valence-corrected chi connectivity index (χ4v) is 2.83. The Hall–Kier alpha value is -1.38. The molecule has 3 heteroatoms. The molecule has 1 aliphatic carbocycles. The van der Waals surface area contributed by atoms with Crippen molar-refractivity contribution in [2.45, 2.75) is 50.9 Å². The Labute approximate surface area is 107 Å². The van der Waals surface area contributed by atoms with Gasteiger partial charge >= 0.3 is 5.97 Å². The first-order valence-corrected chi connectivity index (χ1v) is 6.50. The topological polar surface area (TPSA) is 37.3 Å². The van der Waals surface area contributed by atoms with Gasteiger partial charge in [-0.05, 0) is 42.0 Å². The normalized spacial score (nSPS) is 18.2. The molecule has 0 spiro atoms. The van der Waals surface area contributed by atoms with Crippen LogP contribution in [0.25, 0.3) is 0 Å². The van der Waals surface area contributed by atoms with Crippen LogP contribution in [0.2, 0.25) is 0 Å². The average Bonchev–Trinajstić information content (AvgIpc) is 2.78. The zero-order valence-corrected chi connectivity index (χ0v) is 10.9. The van der Waals surface area contributed by atoms with Gasteiger partial charge in [0.1, 0.15) is 5.82 Å². The standard InChI is InChI=1S/C15H19FO2/c1-10(2)11-7-12(9-13(16)8-11)15(14(17)18)5-3-4-6-15/h7-10H,3-6H2,1-2H3,(H,17,18). The van der Waals surface area contributed by atoms with Crippen molar-refractivity contribution in [3.63, 3.8) is 0 Å². The molecule has 1 aromatic rings. The summed E-state index contributed by atoms with van der Waals surface area (Å²) in [6.07, 6.45) is 3.03. The molecule has 0 heterocycles. The lowest BCUT2D eigenvalue weighted by Crippen LogP contribution is -2.32. The van der Waals surface area contributed by atoms with Crippen molar-refractivity contribution in [2.24, 2.45) is 0 Å². The molecule has 0 radical (unpaired) electrons. The molecule has 0 aliphatic heterocycles. The smallest absolute Gasteiger partial charge is 0.314 e. The van der Waals surface area contributed by atoms with E-state index in [1.165, 1.54) is 12.1 Å². The van der Waals surface area contributed by atoms with Crippen LogP contribution in [-0.2, 0) is 10.2 Å². The van der Waals surface area contributed by atoms with Gasteiger partial charge in [-0.3, -0.25) is 4.79 Å². The first kappa shape index (κ1) is 13.1. The lowest BCUT2D eigenvalue weighted by atomic mass is 9.78. The molecule has 0 aromatic heterocycles. The summed E-state index contributed by atoms with van der Waals surface area (Å²) in [6.45, 7) is 3.97. The van der Waals surface area contributed by atoms with Crippen LogP contribution in [0, 0.1) is 5.82 Å². The summed E-state index contributed by atoms with van der Waals surface area (Å²) in [7, 11) is 0. The molecule has 2 nitrogen and oxygen atoms in total. The predicted octanol–water partition coefficient (Wildman–Crippen LogP) is 3.85. The molecule has 0 unspecified atom stereocenters. The second-order valence-corrected chi connectivity index (χ2v) is 5.52. The molecule has 1 N–H and O–H groups in total. The predicted molar refractivity (Wildman–Crippen MR) is 68.3 cm³/mol. The highest BCUT2D eigenvalue weighted by Crippen LogP contribution is 2.42. The van der Waals surface area contributed by atoms with E-state index in [9.17, 15) is 14.3 Å². The van der Waals surface area contributed by atoms with Crippen molar-refractivity contribution < 1.29 is 14.3 Å². The zero-order valence-electron chi connectivity index (χ0n) is 10.9. The zero-order chi connectivity index (χ0) is 13.3. The van der Waals surface area contributed by atoms with Crippen LogP contribution in [0.5, 0.6) is 0 Å². The van der Waals surface area contributed by atoms with Crippen LogP contribution in [0.15, 0.2) is 18.2 Å². The Kier molecular flexibility index (Phi) is 3.42. The van der Waals surface area contributed by atoms with Gasteiger partial charge in [0.2, 0.25) is 0 Å². The number of carboxylic acids is 1. The third kappa shape index (κ3) is 2.14. The van der Waals surface area contributed by atoms with E-state index in [1.807, 2.05) is 19.9 Å². The lowest BCUT2D eigenvalue weighted by molar-refractivity contribution is -0.143. The maximum Gasteiger partial charge on any atom is 0.314 e. The summed E-state index contributed by atoms with van der Waals surface area (Å²) in [6, 6.07) is 4.76. The van der Waals surface area contributed by atoms with E-state index in [1.54, 1.807) is 0 Å². The molecule has 98 valence electrons.